The minimum Gasteiger partial charge on any atom is -0.481 e. The van der Waals surface area contributed by atoms with Gasteiger partial charge in [-0.15, -0.1) is 0 Å². The van der Waals surface area contributed by atoms with Crippen LogP contribution in [0.1, 0.15) is 19.3 Å². The molecule has 4 rings (SSSR count). The van der Waals surface area contributed by atoms with E-state index < -0.39 is 11.4 Å². The zero-order valence-corrected chi connectivity index (χ0v) is 13.6. The highest BCUT2D eigenvalue weighted by Crippen LogP contribution is 2.48. The number of nitrogens with zero attached hydrogens (tertiary/aromatic N) is 4. The van der Waals surface area contributed by atoms with E-state index >= 15 is 0 Å². The van der Waals surface area contributed by atoms with Crippen LogP contribution < -0.4 is 5.32 Å². The first-order chi connectivity index (χ1) is 12.1. The van der Waals surface area contributed by atoms with Gasteiger partial charge in [0.25, 0.3) is 0 Å². The number of likely N-dealkylation sites (tertiary alicyclic amines) is 1. The molecule has 8 heteroatoms. The molecule has 8 nitrogen and oxygen atoms in total. The van der Waals surface area contributed by atoms with E-state index in [0.717, 1.165) is 18.5 Å². The molecule has 0 spiro atoms. The van der Waals surface area contributed by atoms with Gasteiger partial charge >= 0.3 is 12.0 Å². The number of aromatic nitrogens is 3. The maximum atomic E-state index is 12.5. The molecule has 1 aromatic heterocycles. The van der Waals surface area contributed by atoms with Gasteiger partial charge in [-0.25, -0.2) is 4.79 Å². The van der Waals surface area contributed by atoms with Crippen LogP contribution in [0.15, 0.2) is 36.7 Å². The average molecular weight is 341 g/mol. The molecule has 1 aromatic carbocycles. The Bertz CT molecular complexity index is 789. The lowest BCUT2D eigenvalue weighted by atomic mass is 9.81. The van der Waals surface area contributed by atoms with E-state index in [1.165, 1.54) is 4.80 Å². The largest absolute Gasteiger partial charge is 0.481 e. The molecule has 1 aliphatic carbocycles. The van der Waals surface area contributed by atoms with Crippen molar-refractivity contribution in [2.24, 2.45) is 11.3 Å². The predicted octanol–water partition coefficient (Wildman–Crippen LogP) is 1.99. The lowest BCUT2D eigenvalue weighted by molar-refractivity contribution is -0.149. The summed E-state index contributed by atoms with van der Waals surface area (Å²) in [6, 6.07) is 6.93. The Labute approximate surface area is 144 Å². The summed E-state index contributed by atoms with van der Waals surface area (Å²) in [6.07, 6.45) is 5.65. The second-order valence-electron chi connectivity index (χ2n) is 6.73. The van der Waals surface area contributed by atoms with Crippen molar-refractivity contribution in [1.82, 2.24) is 19.9 Å². The summed E-state index contributed by atoms with van der Waals surface area (Å²) in [5.74, 6) is -0.717. The molecule has 1 saturated heterocycles. The van der Waals surface area contributed by atoms with Crippen molar-refractivity contribution in [2.45, 2.75) is 19.3 Å². The Morgan fingerprint density at radius 2 is 1.92 bits per heavy atom. The highest BCUT2D eigenvalue weighted by molar-refractivity contribution is 5.90. The summed E-state index contributed by atoms with van der Waals surface area (Å²) in [6.45, 7) is 0.793. The molecule has 2 atom stereocenters. The van der Waals surface area contributed by atoms with Crippen LogP contribution in [0.2, 0.25) is 0 Å². The second-order valence-corrected chi connectivity index (χ2v) is 6.73. The minimum absolute atomic E-state index is 0.0593. The lowest BCUT2D eigenvalue weighted by Crippen LogP contribution is -2.38. The molecule has 2 heterocycles. The highest BCUT2D eigenvalue weighted by Gasteiger charge is 2.55. The fourth-order valence-corrected chi connectivity index (χ4v) is 4.02. The smallest absolute Gasteiger partial charge is 0.321 e. The van der Waals surface area contributed by atoms with E-state index in [4.69, 9.17) is 0 Å². The average Bonchev–Trinajstić information content (AvgIpc) is 3.31. The first kappa shape index (κ1) is 15.6. The van der Waals surface area contributed by atoms with Crippen molar-refractivity contribution in [3.05, 3.63) is 36.7 Å². The van der Waals surface area contributed by atoms with Crippen LogP contribution in [0.4, 0.5) is 10.5 Å². The standard InChI is InChI=1S/C17H19N5O3/c23-15(24)17-7-1-2-12(17)10-21(11-17)16(25)20-13-3-5-14(6-4-13)22-18-8-9-19-22/h3-6,8-9,12H,1-2,7,10-11H2,(H,20,25)(H,23,24)/t12-,17+/m0/s1. The maximum absolute atomic E-state index is 12.5. The fourth-order valence-electron chi connectivity index (χ4n) is 4.02. The van der Waals surface area contributed by atoms with Gasteiger partial charge in [0.05, 0.1) is 23.5 Å². The molecule has 0 radical (unpaired) electrons. The van der Waals surface area contributed by atoms with Crippen molar-refractivity contribution < 1.29 is 14.7 Å². The first-order valence-corrected chi connectivity index (χ1v) is 8.34. The quantitative estimate of drug-likeness (QED) is 0.889. The van der Waals surface area contributed by atoms with Crippen LogP contribution in [0.25, 0.3) is 5.69 Å². The molecule has 2 fully saturated rings. The third-order valence-corrected chi connectivity index (χ3v) is 5.35. The van der Waals surface area contributed by atoms with Gasteiger partial charge in [0.2, 0.25) is 0 Å². The molecular weight excluding hydrogens is 322 g/mol. The summed E-state index contributed by atoms with van der Waals surface area (Å²) in [5, 5.41) is 20.6. The zero-order valence-electron chi connectivity index (χ0n) is 13.6. The number of carbonyl (C=O) groups excluding carboxylic acids is 1. The van der Waals surface area contributed by atoms with Crippen LogP contribution in [0, 0.1) is 11.3 Å². The van der Waals surface area contributed by atoms with Crippen LogP contribution >= 0.6 is 0 Å². The Balaban J connectivity index is 1.43. The predicted molar refractivity (Wildman–Crippen MR) is 89.4 cm³/mol. The molecule has 2 aromatic rings. The molecule has 2 N–H and O–H groups in total. The first-order valence-electron chi connectivity index (χ1n) is 8.34. The molecule has 130 valence electrons. The number of rotatable bonds is 3. The molecule has 2 amide bonds. The van der Waals surface area contributed by atoms with Gasteiger partial charge in [-0.2, -0.15) is 15.0 Å². The lowest BCUT2D eigenvalue weighted by Gasteiger charge is -2.23. The number of hydrogen-bond donors (Lipinski definition) is 2. The monoisotopic (exact) mass is 341 g/mol. The number of fused-ring (bicyclic) bond motifs is 1. The SMILES string of the molecule is O=C(Nc1ccc(-n2nccn2)cc1)N1C[C@@H]2CCC[C@@]2(C(=O)O)C1. The van der Waals surface area contributed by atoms with E-state index in [1.807, 2.05) is 12.1 Å². The van der Waals surface area contributed by atoms with Gasteiger partial charge in [-0.05, 0) is 43.0 Å². The maximum Gasteiger partial charge on any atom is 0.321 e. The summed E-state index contributed by atoms with van der Waals surface area (Å²) >= 11 is 0. The Hall–Kier alpha value is -2.90. The zero-order chi connectivity index (χ0) is 17.4. The van der Waals surface area contributed by atoms with Crippen LogP contribution in [0.3, 0.4) is 0 Å². The van der Waals surface area contributed by atoms with Gasteiger partial charge in [0, 0.05) is 18.8 Å². The fraction of sp³-hybridized carbons (Fsp3) is 0.412. The van der Waals surface area contributed by atoms with E-state index in [-0.39, 0.29) is 18.5 Å². The van der Waals surface area contributed by atoms with E-state index in [1.54, 1.807) is 29.4 Å². The number of aliphatic carboxylic acids is 1. The van der Waals surface area contributed by atoms with Crippen molar-refractivity contribution in [1.29, 1.82) is 0 Å². The second kappa shape index (κ2) is 5.87. The van der Waals surface area contributed by atoms with Crippen molar-refractivity contribution in [2.75, 3.05) is 18.4 Å². The summed E-state index contributed by atoms with van der Waals surface area (Å²) < 4.78 is 0. The molecule has 0 unspecified atom stereocenters. The number of benzene rings is 1. The van der Waals surface area contributed by atoms with Crippen LogP contribution in [0.5, 0.6) is 0 Å². The normalized spacial score (nSPS) is 25.0. The number of urea groups is 1. The Morgan fingerprint density at radius 1 is 1.20 bits per heavy atom. The van der Waals surface area contributed by atoms with Crippen molar-refractivity contribution in [3.63, 3.8) is 0 Å². The number of carbonyl (C=O) groups is 2. The summed E-state index contributed by atoms with van der Waals surface area (Å²) in [4.78, 5) is 27.3. The number of nitrogens with one attached hydrogen (secondary N) is 1. The summed E-state index contributed by atoms with van der Waals surface area (Å²) in [7, 11) is 0. The number of anilines is 1. The van der Waals surface area contributed by atoms with Crippen molar-refractivity contribution in [3.8, 4) is 5.69 Å². The van der Waals surface area contributed by atoms with Gasteiger partial charge < -0.3 is 15.3 Å². The molecule has 1 aliphatic heterocycles. The third kappa shape index (κ3) is 2.63. The molecule has 25 heavy (non-hydrogen) atoms. The molecule has 2 aliphatic rings. The highest BCUT2D eigenvalue weighted by atomic mass is 16.4. The Kier molecular flexibility index (Phi) is 3.67. The van der Waals surface area contributed by atoms with Gasteiger partial charge in [0.15, 0.2) is 0 Å². The van der Waals surface area contributed by atoms with E-state index in [9.17, 15) is 14.7 Å². The number of carboxylic acid groups (broad SMARTS) is 1. The van der Waals surface area contributed by atoms with Gasteiger partial charge in [-0.1, -0.05) is 6.42 Å². The topological polar surface area (TPSA) is 100 Å². The summed E-state index contributed by atoms with van der Waals surface area (Å²) in [5.41, 5.74) is 0.693. The Morgan fingerprint density at radius 3 is 2.56 bits per heavy atom. The van der Waals surface area contributed by atoms with Crippen molar-refractivity contribution >= 4 is 17.7 Å². The molecule has 0 bridgehead atoms. The van der Waals surface area contributed by atoms with E-state index in [0.29, 0.717) is 18.7 Å². The number of carboxylic acids is 1. The van der Waals surface area contributed by atoms with Gasteiger partial charge in [0.1, 0.15) is 0 Å². The van der Waals surface area contributed by atoms with Gasteiger partial charge in [-0.3, -0.25) is 4.79 Å². The van der Waals surface area contributed by atoms with Crippen LogP contribution in [-0.2, 0) is 4.79 Å². The van der Waals surface area contributed by atoms with Crippen LogP contribution in [-0.4, -0.2) is 50.1 Å². The van der Waals surface area contributed by atoms with E-state index in [2.05, 4.69) is 15.5 Å². The molecule has 1 saturated carbocycles. The number of hydrogen-bond acceptors (Lipinski definition) is 4. The number of amides is 2. The third-order valence-electron chi connectivity index (χ3n) is 5.35. The minimum atomic E-state index is -0.777. The molecular formula is C17H19N5O3.